The highest BCUT2D eigenvalue weighted by molar-refractivity contribution is 5.52. The number of benzene rings is 2. The molecule has 23 heavy (non-hydrogen) atoms. The van der Waals surface area contributed by atoms with Gasteiger partial charge in [0.25, 0.3) is 0 Å². The van der Waals surface area contributed by atoms with Crippen LogP contribution in [0.3, 0.4) is 0 Å². The van der Waals surface area contributed by atoms with Crippen LogP contribution in [0.2, 0.25) is 0 Å². The lowest BCUT2D eigenvalue weighted by Crippen LogP contribution is -2.39. The molecule has 0 spiro atoms. The lowest BCUT2D eigenvalue weighted by Gasteiger charge is -2.41. The van der Waals surface area contributed by atoms with E-state index in [0.29, 0.717) is 17.5 Å². The second-order valence-corrected chi connectivity index (χ2v) is 6.26. The molecule has 120 valence electrons. The van der Waals surface area contributed by atoms with E-state index in [0.717, 1.165) is 37.2 Å². The lowest BCUT2D eigenvalue weighted by atomic mass is 9.83. The molecule has 0 bridgehead atoms. The quantitative estimate of drug-likeness (QED) is 0.925. The Morgan fingerprint density at radius 1 is 1.09 bits per heavy atom. The van der Waals surface area contributed by atoms with Gasteiger partial charge < -0.3 is 14.6 Å². The fourth-order valence-electron chi connectivity index (χ4n) is 3.90. The first-order valence-electron chi connectivity index (χ1n) is 8.00. The van der Waals surface area contributed by atoms with Crippen molar-refractivity contribution in [3.05, 3.63) is 52.6 Å². The van der Waals surface area contributed by atoms with Gasteiger partial charge in [-0.25, -0.2) is 0 Å². The summed E-state index contributed by atoms with van der Waals surface area (Å²) in [6, 6.07) is 10.7. The lowest BCUT2D eigenvalue weighted by molar-refractivity contribution is 0.158. The summed E-state index contributed by atoms with van der Waals surface area (Å²) in [4.78, 5) is 2.45. The van der Waals surface area contributed by atoms with E-state index in [-0.39, 0.29) is 0 Å². The molecule has 0 aromatic heterocycles. The maximum Gasteiger partial charge on any atom is 0.162 e. The van der Waals surface area contributed by atoms with Crippen molar-refractivity contribution < 1.29 is 14.6 Å². The zero-order valence-corrected chi connectivity index (χ0v) is 13.5. The van der Waals surface area contributed by atoms with Crippen molar-refractivity contribution in [1.29, 1.82) is 0 Å². The molecular formula is C19H21NO3. The van der Waals surface area contributed by atoms with Gasteiger partial charge in [0.1, 0.15) is 5.75 Å². The van der Waals surface area contributed by atoms with E-state index < -0.39 is 0 Å². The molecule has 0 radical (unpaired) electrons. The van der Waals surface area contributed by atoms with Crippen LogP contribution < -0.4 is 9.47 Å². The first-order chi connectivity index (χ1) is 11.2. The summed E-state index contributed by atoms with van der Waals surface area (Å²) >= 11 is 0. The van der Waals surface area contributed by atoms with Crippen molar-refractivity contribution >= 4 is 0 Å². The van der Waals surface area contributed by atoms with Gasteiger partial charge >= 0.3 is 0 Å². The summed E-state index contributed by atoms with van der Waals surface area (Å²) in [5.41, 5.74) is 5.00. The number of hydrogen-bond acceptors (Lipinski definition) is 4. The van der Waals surface area contributed by atoms with Gasteiger partial charge in [-0.15, -0.1) is 0 Å². The van der Waals surface area contributed by atoms with Crippen LogP contribution in [0.25, 0.3) is 0 Å². The molecule has 0 saturated heterocycles. The number of phenolic OH excluding ortho intramolecular Hbond substituents is 1. The van der Waals surface area contributed by atoms with Crippen LogP contribution in [0.4, 0.5) is 0 Å². The van der Waals surface area contributed by atoms with Crippen LogP contribution in [0.1, 0.15) is 28.3 Å². The Labute approximate surface area is 136 Å². The van der Waals surface area contributed by atoms with Gasteiger partial charge in [-0.05, 0) is 47.7 Å². The van der Waals surface area contributed by atoms with Gasteiger partial charge in [-0.3, -0.25) is 4.90 Å². The van der Waals surface area contributed by atoms with E-state index in [2.05, 4.69) is 23.1 Å². The first kappa shape index (κ1) is 14.4. The van der Waals surface area contributed by atoms with Gasteiger partial charge in [-0.2, -0.15) is 0 Å². The summed E-state index contributed by atoms with van der Waals surface area (Å²) in [7, 11) is 3.31. The normalized spacial score (nSPS) is 19.5. The molecule has 2 aliphatic heterocycles. The number of nitrogens with zero attached hydrogens (tertiary/aromatic N) is 1. The Kier molecular flexibility index (Phi) is 3.42. The maximum atomic E-state index is 10.4. The van der Waals surface area contributed by atoms with Crippen LogP contribution in [0.5, 0.6) is 17.2 Å². The Morgan fingerprint density at radius 2 is 1.96 bits per heavy atom. The predicted octanol–water partition coefficient (Wildman–Crippen LogP) is 3.06. The summed E-state index contributed by atoms with van der Waals surface area (Å²) in [6.07, 6.45) is 1.94. The minimum Gasteiger partial charge on any atom is -0.504 e. The summed E-state index contributed by atoms with van der Waals surface area (Å²) < 4.78 is 10.6. The van der Waals surface area contributed by atoms with E-state index in [9.17, 15) is 5.11 Å². The average Bonchev–Trinajstić information content (AvgIpc) is 2.60. The zero-order valence-electron chi connectivity index (χ0n) is 13.5. The molecule has 4 rings (SSSR count). The second kappa shape index (κ2) is 5.46. The summed E-state index contributed by atoms with van der Waals surface area (Å²) in [5, 5.41) is 10.4. The third-order valence-corrected chi connectivity index (χ3v) is 5.16. The zero-order chi connectivity index (χ0) is 16.0. The van der Waals surface area contributed by atoms with Crippen LogP contribution in [-0.2, 0) is 19.4 Å². The summed E-state index contributed by atoms with van der Waals surface area (Å²) in [5.74, 6) is 1.78. The third kappa shape index (κ3) is 2.25. The van der Waals surface area contributed by atoms with E-state index in [1.54, 1.807) is 14.2 Å². The Balaban J connectivity index is 1.73. The molecule has 0 fully saturated rings. The smallest absolute Gasteiger partial charge is 0.162 e. The van der Waals surface area contributed by atoms with Crippen LogP contribution in [0.15, 0.2) is 30.3 Å². The van der Waals surface area contributed by atoms with Gasteiger partial charge in [0.15, 0.2) is 11.5 Å². The van der Waals surface area contributed by atoms with Gasteiger partial charge in [0.05, 0.1) is 14.2 Å². The van der Waals surface area contributed by atoms with Gasteiger partial charge in [0, 0.05) is 24.7 Å². The SMILES string of the molecule is COc1ccc2c(c1)CCN1Cc3c(ccc(OC)c3O)CC21. The largest absolute Gasteiger partial charge is 0.504 e. The molecule has 2 aliphatic rings. The number of fused-ring (bicyclic) bond motifs is 4. The maximum absolute atomic E-state index is 10.4. The Hall–Kier alpha value is -2.20. The number of aromatic hydroxyl groups is 1. The third-order valence-electron chi connectivity index (χ3n) is 5.16. The van der Waals surface area contributed by atoms with E-state index in [1.165, 1.54) is 16.7 Å². The molecule has 0 amide bonds. The number of methoxy groups -OCH3 is 2. The standard InChI is InChI=1S/C19H21NO3/c1-22-14-4-5-15-13(9-14)7-8-20-11-16-12(10-17(15)20)3-6-18(23-2)19(16)21/h3-6,9,17,21H,7-8,10-11H2,1-2H3. The Morgan fingerprint density at radius 3 is 2.74 bits per heavy atom. The fourth-order valence-corrected chi connectivity index (χ4v) is 3.90. The van der Waals surface area contributed by atoms with Crippen molar-refractivity contribution in [2.24, 2.45) is 0 Å². The minimum atomic E-state index is 0.295. The molecule has 1 atom stereocenters. The molecule has 2 heterocycles. The number of ether oxygens (including phenoxy) is 2. The topological polar surface area (TPSA) is 41.9 Å². The number of hydrogen-bond donors (Lipinski definition) is 1. The fraction of sp³-hybridized carbons (Fsp3) is 0.368. The van der Waals surface area contributed by atoms with Crippen LogP contribution in [0, 0.1) is 0 Å². The number of phenols is 1. The van der Waals surface area contributed by atoms with Crippen molar-refractivity contribution in [3.63, 3.8) is 0 Å². The van der Waals surface area contributed by atoms with Crippen molar-refractivity contribution in [1.82, 2.24) is 4.90 Å². The van der Waals surface area contributed by atoms with Crippen molar-refractivity contribution in [2.45, 2.75) is 25.4 Å². The molecule has 1 N–H and O–H groups in total. The van der Waals surface area contributed by atoms with E-state index in [1.807, 2.05) is 12.1 Å². The second-order valence-electron chi connectivity index (χ2n) is 6.26. The monoisotopic (exact) mass is 311 g/mol. The molecular weight excluding hydrogens is 290 g/mol. The van der Waals surface area contributed by atoms with Gasteiger partial charge in [0.2, 0.25) is 0 Å². The van der Waals surface area contributed by atoms with Crippen LogP contribution >= 0.6 is 0 Å². The highest BCUT2D eigenvalue weighted by Gasteiger charge is 2.33. The molecule has 2 aromatic rings. The molecule has 4 nitrogen and oxygen atoms in total. The van der Waals surface area contributed by atoms with E-state index >= 15 is 0 Å². The average molecular weight is 311 g/mol. The Bertz CT molecular complexity index is 757. The minimum absolute atomic E-state index is 0.295. The summed E-state index contributed by atoms with van der Waals surface area (Å²) in [6.45, 7) is 1.77. The van der Waals surface area contributed by atoms with Crippen molar-refractivity contribution in [3.8, 4) is 17.2 Å². The van der Waals surface area contributed by atoms with E-state index in [4.69, 9.17) is 9.47 Å². The molecule has 2 aromatic carbocycles. The first-order valence-corrected chi connectivity index (χ1v) is 8.00. The van der Waals surface area contributed by atoms with Crippen LogP contribution in [-0.4, -0.2) is 30.8 Å². The molecule has 0 saturated carbocycles. The van der Waals surface area contributed by atoms with Gasteiger partial charge in [-0.1, -0.05) is 12.1 Å². The predicted molar refractivity (Wildman–Crippen MR) is 88.2 cm³/mol. The highest BCUT2D eigenvalue weighted by Crippen LogP contribution is 2.43. The molecule has 0 aliphatic carbocycles. The highest BCUT2D eigenvalue weighted by atomic mass is 16.5. The van der Waals surface area contributed by atoms with Crippen molar-refractivity contribution in [2.75, 3.05) is 20.8 Å². The number of rotatable bonds is 2. The molecule has 1 unspecified atom stereocenters. The molecule has 4 heteroatoms.